The highest BCUT2D eigenvalue weighted by Crippen LogP contribution is 2.36. The van der Waals surface area contributed by atoms with Gasteiger partial charge in [-0.2, -0.15) is 0 Å². The van der Waals surface area contributed by atoms with Gasteiger partial charge >= 0.3 is 0 Å². The summed E-state index contributed by atoms with van der Waals surface area (Å²) < 4.78 is 12.0. The van der Waals surface area contributed by atoms with Gasteiger partial charge < -0.3 is 14.0 Å². The highest BCUT2D eigenvalue weighted by atomic mass is 32.1. The Kier molecular flexibility index (Phi) is 3.81. The molecule has 3 heterocycles. The number of aromatic nitrogens is 2. The van der Waals surface area contributed by atoms with Crippen LogP contribution in [-0.4, -0.2) is 27.2 Å². The Balaban J connectivity index is 1.53. The minimum absolute atomic E-state index is 0.141. The first-order valence-electron chi connectivity index (χ1n) is 7.49. The van der Waals surface area contributed by atoms with Crippen LogP contribution in [0.2, 0.25) is 0 Å². The Labute approximate surface area is 151 Å². The fraction of sp³-hybridized carbons (Fsp3) is 0.125. The SMILES string of the molecule is Cn1cc([N+](=O)[O-])cc1C(=O)Nc1nc(-c2ccc3c(c2)OCO3)cs1. The fourth-order valence-corrected chi connectivity index (χ4v) is 3.27. The molecule has 0 atom stereocenters. The van der Waals surface area contributed by atoms with Crippen LogP contribution in [0.25, 0.3) is 11.3 Å². The number of nitrogens with zero attached hydrogens (tertiary/aromatic N) is 3. The van der Waals surface area contributed by atoms with Crippen LogP contribution in [0.5, 0.6) is 11.5 Å². The maximum Gasteiger partial charge on any atom is 0.287 e. The number of thiazole rings is 1. The minimum atomic E-state index is -0.544. The Morgan fingerprint density at radius 1 is 1.35 bits per heavy atom. The highest BCUT2D eigenvalue weighted by molar-refractivity contribution is 7.14. The molecule has 0 bridgehead atoms. The van der Waals surface area contributed by atoms with E-state index >= 15 is 0 Å². The van der Waals surface area contributed by atoms with Gasteiger partial charge in [-0.15, -0.1) is 11.3 Å². The van der Waals surface area contributed by atoms with Gasteiger partial charge in [-0.25, -0.2) is 4.98 Å². The van der Waals surface area contributed by atoms with Crippen LogP contribution in [0.4, 0.5) is 10.8 Å². The van der Waals surface area contributed by atoms with Gasteiger partial charge in [-0.1, -0.05) is 0 Å². The van der Waals surface area contributed by atoms with Crippen molar-refractivity contribution < 1.29 is 19.2 Å². The van der Waals surface area contributed by atoms with E-state index in [0.29, 0.717) is 22.3 Å². The maximum atomic E-state index is 12.3. The van der Waals surface area contributed by atoms with E-state index in [0.717, 1.165) is 5.56 Å². The maximum absolute atomic E-state index is 12.3. The number of benzene rings is 1. The van der Waals surface area contributed by atoms with Crippen molar-refractivity contribution in [3.05, 3.63) is 51.7 Å². The molecule has 2 aromatic heterocycles. The first kappa shape index (κ1) is 16.1. The molecule has 0 saturated heterocycles. The van der Waals surface area contributed by atoms with Crippen LogP contribution >= 0.6 is 11.3 Å². The first-order chi connectivity index (χ1) is 12.5. The molecule has 132 valence electrons. The van der Waals surface area contributed by atoms with Crippen molar-refractivity contribution in [1.29, 1.82) is 0 Å². The number of carbonyl (C=O) groups is 1. The smallest absolute Gasteiger partial charge is 0.287 e. The van der Waals surface area contributed by atoms with Crippen molar-refractivity contribution in [2.24, 2.45) is 7.05 Å². The van der Waals surface area contributed by atoms with Gasteiger partial charge in [0.2, 0.25) is 6.79 Å². The van der Waals surface area contributed by atoms with E-state index in [4.69, 9.17) is 9.47 Å². The highest BCUT2D eigenvalue weighted by Gasteiger charge is 2.19. The largest absolute Gasteiger partial charge is 0.454 e. The molecule has 0 fully saturated rings. The van der Waals surface area contributed by atoms with Gasteiger partial charge in [0.25, 0.3) is 11.6 Å². The van der Waals surface area contributed by atoms with Crippen LogP contribution in [0.3, 0.4) is 0 Å². The van der Waals surface area contributed by atoms with E-state index in [1.165, 1.54) is 28.2 Å². The number of aryl methyl sites for hydroxylation is 1. The molecule has 9 nitrogen and oxygen atoms in total. The third-order valence-corrected chi connectivity index (χ3v) is 4.58. The zero-order valence-corrected chi connectivity index (χ0v) is 14.3. The standard InChI is InChI=1S/C16H12N4O5S/c1-19-6-10(20(22)23)5-12(19)15(21)18-16-17-11(7-26-16)9-2-3-13-14(4-9)25-8-24-13/h2-7H,8H2,1H3,(H,17,18,21). The number of hydrogen-bond acceptors (Lipinski definition) is 7. The predicted octanol–water partition coefficient (Wildman–Crippen LogP) is 3.04. The molecule has 0 unspecified atom stereocenters. The molecule has 26 heavy (non-hydrogen) atoms. The van der Waals surface area contributed by atoms with Gasteiger partial charge in [0.1, 0.15) is 5.69 Å². The molecule has 1 amide bonds. The number of nitrogens with one attached hydrogen (secondary N) is 1. The summed E-state index contributed by atoms with van der Waals surface area (Å²) in [4.78, 5) is 27.0. The molecule has 0 spiro atoms. The van der Waals surface area contributed by atoms with E-state index in [9.17, 15) is 14.9 Å². The summed E-state index contributed by atoms with van der Waals surface area (Å²) in [6, 6.07) is 6.71. The zero-order valence-electron chi connectivity index (χ0n) is 13.5. The topological polar surface area (TPSA) is 109 Å². The number of hydrogen-bond donors (Lipinski definition) is 1. The number of carbonyl (C=O) groups excluding carboxylic acids is 1. The van der Waals surface area contributed by atoms with Crippen LogP contribution in [0, 0.1) is 10.1 Å². The normalized spacial score (nSPS) is 12.2. The molecule has 1 aliphatic rings. The van der Waals surface area contributed by atoms with Crippen LogP contribution < -0.4 is 14.8 Å². The molecule has 0 saturated carbocycles. The summed E-state index contributed by atoms with van der Waals surface area (Å²) in [6.07, 6.45) is 1.29. The molecular formula is C16H12N4O5S. The average Bonchev–Trinajstić information content (AvgIpc) is 3.32. The third-order valence-electron chi connectivity index (χ3n) is 3.83. The van der Waals surface area contributed by atoms with E-state index in [2.05, 4.69) is 10.3 Å². The van der Waals surface area contributed by atoms with Crippen LogP contribution in [-0.2, 0) is 7.05 Å². The predicted molar refractivity (Wildman–Crippen MR) is 93.7 cm³/mol. The summed E-state index contributed by atoms with van der Waals surface area (Å²) in [5, 5.41) is 15.7. The van der Waals surface area contributed by atoms with Crippen molar-refractivity contribution in [3.63, 3.8) is 0 Å². The third kappa shape index (κ3) is 2.86. The van der Waals surface area contributed by atoms with Gasteiger partial charge in [-0.3, -0.25) is 20.2 Å². The lowest BCUT2D eigenvalue weighted by Crippen LogP contribution is -2.15. The molecule has 1 aromatic carbocycles. The van der Waals surface area contributed by atoms with Gasteiger partial charge in [0.05, 0.1) is 16.8 Å². The quantitative estimate of drug-likeness (QED) is 0.557. The van der Waals surface area contributed by atoms with Crippen molar-refractivity contribution >= 4 is 28.1 Å². The second kappa shape index (κ2) is 6.15. The first-order valence-corrected chi connectivity index (χ1v) is 8.37. The van der Waals surface area contributed by atoms with E-state index in [-0.39, 0.29) is 18.2 Å². The fourth-order valence-electron chi connectivity index (χ4n) is 2.55. The summed E-state index contributed by atoms with van der Waals surface area (Å²) in [5.74, 6) is 0.868. The molecular weight excluding hydrogens is 360 g/mol. The second-order valence-electron chi connectivity index (χ2n) is 5.51. The lowest BCUT2D eigenvalue weighted by molar-refractivity contribution is -0.384. The van der Waals surface area contributed by atoms with Crippen molar-refractivity contribution in [2.75, 3.05) is 12.1 Å². The summed E-state index contributed by atoms with van der Waals surface area (Å²) in [5.41, 5.74) is 1.55. The molecule has 10 heteroatoms. The molecule has 0 aliphatic carbocycles. The molecule has 1 N–H and O–H groups in total. The monoisotopic (exact) mass is 372 g/mol. The number of nitro groups is 1. The number of amides is 1. The zero-order chi connectivity index (χ0) is 18.3. The van der Waals surface area contributed by atoms with Gasteiger partial charge in [0, 0.05) is 24.1 Å². The lowest BCUT2D eigenvalue weighted by Gasteiger charge is -2.02. The number of ether oxygens (including phenoxy) is 2. The van der Waals surface area contributed by atoms with E-state index in [1.54, 1.807) is 18.5 Å². The molecule has 0 radical (unpaired) electrons. The van der Waals surface area contributed by atoms with Gasteiger partial charge in [-0.05, 0) is 18.2 Å². The van der Waals surface area contributed by atoms with Gasteiger partial charge in [0.15, 0.2) is 16.6 Å². The lowest BCUT2D eigenvalue weighted by atomic mass is 10.1. The molecule has 4 rings (SSSR count). The summed E-state index contributed by atoms with van der Waals surface area (Å²) in [6.45, 7) is 0.194. The van der Waals surface area contributed by atoms with Crippen LogP contribution in [0.1, 0.15) is 10.5 Å². The summed E-state index contributed by atoms with van der Waals surface area (Å²) in [7, 11) is 1.57. The number of rotatable bonds is 4. The van der Waals surface area contributed by atoms with Crippen molar-refractivity contribution in [1.82, 2.24) is 9.55 Å². The minimum Gasteiger partial charge on any atom is -0.454 e. The Morgan fingerprint density at radius 2 is 2.15 bits per heavy atom. The Bertz CT molecular complexity index is 1030. The second-order valence-corrected chi connectivity index (χ2v) is 6.37. The van der Waals surface area contributed by atoms with E-state index < -0.39 is 10.8 Å². The number of anilines is 1. The molecule has 3 aromatic rings. The average molecular weight is 372 g/mol. The Morgan fingerprint density at radius 3 is 2.92 bits per heavy atom. The summed E-state index contributed by atoms with van der Waals surface area (Å²) >= 11 is 1.26. The Hall–Kier alpha value is -3.40. The van der Waals surface area contributed by atoms with E-state index in [1.807, 2.05) is 12.1 Å². The molecule has 1 aliphatic heterocycles. The number of fused-ring (bicyclic) bond motifs is 1. The van der Waals surface area contributed by atoms with Crippen LogP contribution in [0.15, 0.2) is 35.8 Å². The van der Waals surface area contributed by atoms with Crippen molar-refractivity contribution in [2.45, 2.75) is 0 Å². The van der Waals surface area contributed by atoms with Crippen molar-refractivity contribution in [3.8, 4) is 22.8 Å².